The summed E-state index contributed by atoms with van der Waals surface area (Å²) in [7, 11) is 0. The highest BCUT2D eigenvalue weighted by Crippen LogP contribution is 2.39. The maximum Gasteiger partial charge on any atom is 0.214 e. The van der Waals surface area contributed by atoms with E-state index >= 15 is 0 Å². The molecule has 0 aliphatic rings. The lowest BCUT2D eigenvalue weighted by molar-refractivity contribution is 0.581. The van der Waals surface area contributed by atoms with Crippen LogP contribution in [0.1, 0.15) is 0 Å². The predicted molar refractivity (Wildman–Crippen MR) is 106 cm³/mol. The van der Waals surface area contributed by atoms with Crippen molar-refractivity contribution in [3.63, 3.8) is 0 Å². The van der Waals surface area contributed by atoms with Gasteiger partial charge >= 0.3 is 0 Å². The lowest BCUT2D eigenvalue weighted by Gasteiger charge is -2.06. The number of para-hydroxylation sites is 2. The highest BCUT2D eigenvalue weighted by atomic mass is 19.1. The molecule has 0 fully saturated rings. The Balaban J connectivity index is 1.87. The molecule has 3 heterocycles. The molecule has 0 radical (unpaired) electrons. The largest absolute Gasteiger partial charge is 0.455 e. The number of aromatic nitrogens is 2. The van der Waals surface area contributed by atoms with Crippen molar-refractivity contribution in [3.8, 4) is 5.82 Å². The van der Waals surface area contributed by atoms with Crippen molar-refractivity contribution in [3.05, 3.63) is 84.8 Å². The summed E-state index contributed by atoms with van der Waals surface area (Å²) in [6.07, 6.45) is 0. The number of furan rings is 1. The Kier molecular flexibility index (Phi) is 2.78. The van der Waals surface area contributed by atoms with Gasteiger partial charge in [-0.15, -0.1) is 0 Å². The molecule has 0 saturated heterocycles. The standard InChI is InChI=1S/C23H13FN2O/c24-20-10-5-11-21(25-20)26-17-8-3-1-7-16(17)22-18(26)13-12-15-14-6-2-4-9-19(14)27-23(15)22/h1-13H. The molecule has 6 rings (SSSR count). The minimum Gasteiger partial charge on any atom is -0.455 e. The number of nitrogens with zero attached hydrogens (tertiary/aromatic N) is 2. The van der Waals surface area contributed by atoms with Gasteiger partial charge in [0.15, 0.2) is 0 Å². The molecular weight excluding hydrogens is 339 g/mol. The molecule has 0 N–H and O–H groups in total. The van der Waals surface area contributed by atoms with Crippen LogP contribution in [0.4, 0.5) is 4.39 Å². The first-order valence-electron chi connectivity index (χ1n) is 8.77. The summed E-state index contributed by atoms with van der Waals surface area (Å²) in [6.45, 7) is 0. The first kappa shape index (κ1) is 14.5. The molecule has 128 valence electrons. The van der Waals surface area contributed by atoms with Crippen LogP contribution in [0.3, 0.4) is 0 Å². The van der Waals surface area contributed by atoms with Gasteiger partial charge in [0.2, 0.25) is 5.95 Å². The number of halogens is 1. The van der Waals surface area contributed by atoms with E-state index in [0.717, 1.165) is 43.7 Å². The lowest BCUT2D eigenvalue weighted by atomic mass is 10.1. The number of fused-ring (bicyclic) bond motifs is 7. The molecule has 3 nitrogen and oxygen atoms in total. The van der Waals surface area contributed by atoms with Crippen LogP contribution in [0.25, 0.3) is 49.6 Å². The molecule has 0 aliphatic heterocycles. The fraction of sp³-hybridized carbons (Fsp3) is 0. The molecule has 0 spiro atoms. The average molecular weight is 352 g/mol. The first-order chi connectivity index (χ1) is 13.3. The van der Waals surface area contributed by atoms with E-state index in [-0.39, 0.29) is 0 Å². The van der Waals surface area contributed by atoms with E-state index in [1.807, 2.05) is 47.0 Å². The van der Waals surface area contributed by atoms with Gasteiger partial charge in [0, 0.05) is 16.2 Å². The second kappa shape index (κ2) is 5.17. The number of hydrogen-bond donors (Lipinski definition) is 0. The molecule has 0 amide bonds. The molecule has 0 saturated carbocycles. The molecule has 0 bridgehead atoms. The smallest absolute Gasteiger partial charge is 0.214 e. The summed E-state index contributed by atoms with van der Waals surface area (Å²) in [5.74, 6) is 0.0555. The lowest BCUT2D eigenvalue weighted by Crippen LogP contribution is -1.98. The van der Waals surface area contributed by atoms with E-state index in [4.69, 9.17) is 4.42 Å². The number of hydrogen-bond acceptors (Lipinski definition) is 2. The third kappa shape index (κ3) is 1.92. The molecule has 4 heteroatoms. The van der Waals surface area contributed by atoms with Gasteiger partial charge in [-0.3, -0.25) is 4.57 Å². The van der Waals surface area contributed by atoms with Crippen LogP contribution in [-0.2, 0) is 0 Å². The van der Waals surface area contributed by atoms with E-state index in [1.165, 1.54) is 6.07 Å². The van der Waals surface area contributed by atoms with Gasteiger partial charge in [-0.2, -0.15) is 4.39 Å². The van der Waals surface area contributed by atoms with Crippen molar-refractivity contribution < 1.29 is 8.81 Å². The Morgan fingerprint density at radius 3 is 2.41 bits per heavy atom. The van der Waals surface area contributed by atoms with Crippen LogP contribution in [-0.4, -0.2) is 9.55 Å². The van der Waals surface area contributed by atoms with Crippen LogP contribution in [0, 0.1) is 5.95 Å². The van der Waals surface area contributed by atoms with Crippen molar-refractivity contribution in [2.45, 2.75) is 0 Å². The number of rotatable bonds is 1. The molecule has 6 aromatic rings. The molecular formula is C23H13FN2O. The fourth-order valence-electron chi connectivity index (χ4n) is 4.00. The van der Waals surface area contributed by atoms with Gasteiger partial charge in [0.05, 0.1) is 16.4 Å². The summed E-state index contributed by atoms with van der Waals surface area (Å²) in [6, 6.07) is 25.1. The zero-order valence-electron chi connectivity index (χ0n) is 14.2. The van der Waals surface area contributed by atoms with Gasteiger partial charge < -0.3 is 4.42 Å². The van der Waals surface area contributed by atoms with Crippen molar-refractivity contribution in [1.82, 2.24) is 9.55 Å². The fourth-order valence-corrected chi connectivity index (χ4v) is 4.00. The molecule has 0 unspecified atom stereocenters. The van der Waals surface area contributed by atoms with Crippen LogP contribution < -0.4 is 0 Å². The molecule has 0 aliphatic carbocycles. The van der Waals surface area contributed by atoms with Crippen LogP contribution in [0.15, 0.2) is 83.3 Å². The Labute approximate surface area is 153 Å². The van der Waals surface area contributed by atoms with Gasteiger partial charge in [0.25, 0.3) is 0 Å². The van der Waals surface area contributed by atoms with Crippen molar-refractivity contribution in [1.29, 1.82) is 0 Å². The van der Waals surface area contributed by atoms with Crippen molar-refractivity contribution in [2.75, 3.05) is 0 Å². The van der Waals surface area contributed by atoms with E-state index in [9.17, 15) is 4.39 Å². The third-order valence-electron chi connectivity index (χ3n) is 5.11. The van der Waals surface area contributed by atoms with Crippen LogP contribution in [0.5, 0.6) is 0 Å². The number of pyridine rings is 1. The first-order valence-corrected chi connectivity index (χ1v) is 8.77. The molecule has 3 aromatic carbocycles. The van der Waals surface area contributed by atoms with Gasteiger partial charge in [-0.1, -0.05) is 42.5 Å². The van der Waals surface area contributed by atoms with Gasteiger partial charge in [-0.05, 0) is 36.4 Å². The molecule has 0 atom stereocenters. The normalized spacial score (nSPS) is 11.9. The Morgan fingerprint density at radius 1 is 0.704 bits per heavy atom. The average Bonchev–Trinajstić information content (AvgIpc) is 3.23. The Bertz CT molecular complexity index is 1490. The summed E-state index contributed by atoms with van der Waals surface area (Å²) >= 11 is 0. The monoisotopic (exact) mass is 352 g/mol. The quantitative estimate of drug-likeness (QED) is 0.329. The predicted octanol–water partition coefficient (Wildman–Crippen LogP) is 6.22. The summed E-state index contributed by atoms with van der Waals surface area (Å²) in [5.41, 5.74) is 3.63. The van der Waals surface area contributed by atoms with Crippen LogP contribution >= 0.6 is 0 Å². The molecule has 3 aromatic heterocycles. The summed E-state index contributed by atoms with van der Waals surface area (Å²) < 4.78 is 22.0. The maximum atomic E-state index is 13.8. The second-order valence-corrected chi connectivity index (χ2v) is 6.61. The maximum absolute atomic E-state index is 13.8. The highest BCUT2D eigenvalue weighted by molar-refractivity contribution is 6.23. The van der Waals surface area contributed by atoms with Gasteiger partial charge in [-0.25, -0.2) is 4.98 Å². The zero-order valence-corrected chi connectivity index (χ0v) is 14.2. The summed E-state index contributed by atoms with van der Waals surface area (Å²) in [5, 5.41) is 4.25. The topological polar surface area (TPSA) is 31.0 Å². The van der Waals surface area contributed by atoms with Crippen LogP contribution in [0.2, 0.25) is 0 Å². The third-order valence-corrected chi connectivity index (χ3v) is 5.11. The Hall–Kier alpha value is -3.66. The Morgan fingerprint density at radius 2 is 1.52 bits per heavy atom. The van der Waals surface area contributed by atoms with Crippen molar-refractivity contribution in [2.24, 2.45) is 0 Å². The van der Waals surface area contributed by atoms with E-state index < -0.39 is 5.95 Å². The van der Waals surface area contributed by atoms with Gasteiger partial charge in [0.1, 0.15) is 17.0 Å². The molecule has 27 heavy (non-hydrogen) atoms. The van der Waals surface area contributed by atoms with E-state index in [0.29, 0.717) is 5.82 Å². The second-order valence-electron chi connectivity index (χ2n) is 6.61. The minimum atomic E-state index is -0.497. The zero-order chi connectivity index (χ0) is 18.0. The SMILES string of the molecule is Fc1cccc(-n2c3ccccc3c3c4oc5ccccc5c4ccc32)n1. The highest BCUT2D eigenvalue weighted by Gasteiger charge is 2.18. The number of benzene rings is 3. The van der Waals surface area contributed by atoms with E-state index in [2.05, 4.69) is 29.2 Å². The van der Waals surface area contributed by atoms with Crippen molar-refractivity contribution >= 4 is 43.7 Å². The van der Waals surface area contributed by atoms with E-state index in [1.54, 1.807) is 6.07 Å². The summed E-state index contributed by atoms with van der Waals surface area (Å²) in [4.78, 5) is 4.10. The minimum absolute atomic E-state index is 0.497.